The maximum Gasteiger partial charge on any atom is 0.474 e. The highest BCUT2D eigenvalue weighted by atomic mass is 31.2. The second kappa shape index (κ2) is 13.3. The topological polar surface area (TPSA) is 91.3 Å². The molecule has 0 aromatic rings. The summed E-state index contributed by atoms with van der Waals surface area (Å²) in [5.41, 5.74) is 0.350. The molecule has 0 aliphatic heterocycles. The number of aliphatic hydroxyl groups excluding tert-OH is 1. The van der Waals surface area contributed by atoms with Crippen molar-refractivity contribution in [2.75, 3.05) is 33.0 Å². The summed E-state index contributed by atoms with van der Waals surface area (Å²) in [7, 11) is -3.22. The molecule has 0 aromatic carbocycles. The van der Waals surface area contributed by atoms with Crippen molar-refractivity contribution in [1.82, 2.24) is 0 Å². The molecule has 0 spiro atoms. The lowest BCUT2D eigenvalue weighted by Crippen LogP contribution is -2.08. The maximum atomic E-state index is 11.3. The van der Waals surface area contributed by atoms with Crippen molar-refractivity contribution in [3.05, 3.63) is 12.2 Å². The second-order valence-electron chi connectivity index (χ2n) is 3.34. The van der Waals surface area contributed by atoms with Gasteiger partial charge in [-0.15, -0.1) is 0 Å². The zero-order chi connectivity index (χ0) is 16.0. The summed E-state index contributed by atoms with van der Waals surface area (Å²) < 4.78 is 30.3. The third-order valence-electron chi connectivity index (χ3n) is 1.53. The Hall–Kier alpha value is -0.720. The lowest BCUT2D eigenvalue weighted by Gasteiger charge is -2.14. The predicted molar refractivity (Wildman–Crippen MR) is 75.3 cm³/mol. The van der Waals surface area contributed by atoms with Crippen molar-refractivity contribution >= 4 is 13.8 Å². The first-order valence-electron chi connectivity index (χ1n) is 6.33. The summed E-state index contributed by atoms with van der Waals surface area (Å²) in [4.78, 5) is 10.5. The molecule has 0 rings (SSSR count). The zero-order valence-corrected chi connectivity index (χ0v) is 13.5. The molecule has 8 heteroatoms. The number of esters is 1. The Bertz CT molecular complexity index is 293. The fourth-order valence-corrected chi connectivity index (χ4v) is 2.02. The third-order valence-corrected chi connectivity index (χ3v) is 3.26. The van der Waals surface area contributed by atoms with E-state index in [1.165, 1.54) is 0 Å². The van der Waals surface area contributed by atoms with Gasteiger partial charge in [0.1, 0.15) is 6.61 Å². The fourth-order valence-electron chi connectivity index (χ4n) is 0.848. The molecule has 0 fully saturated rings. The molecule has 7 nitrogen and oxygen atoms in total. The average Bonchev–Trinajstić information content (AvgIpc) is 2.37. The van der Waals surface area contributed by atoms with Crippen molar-refractivity contribution in [2.45, 2.75) is 27.7 Å². The Labute approximate surface area is 120 Å². The minimum absolute atomic E-state index is 0.0473. The van der Waals surface area contributed by atoms with Gasteiger partial charge in [0.15, 0.2) is 0 Å². The van der Waals surface area contributed by atoms with E-state index in [9.17, 15) is 9.36 Å². The van der Waals surface area contributed by atoms with E-state index >= 15 is 0 Å². The van der Waals surface area contributed by atoms with Gasteiger partial charge >= 0.3 is 13.8 Å². The number of hydrogen-bond donors (Lipinski definition) is 1. The third kappa shape index (κ3) is 12.3. The van der Waals surface area contributed by atoms with Crippen LogP contribution in [-0.2, 0) is 27.7 Å². The van der Waals surface area contributed by atoms with Crippen LogP contribution in [0, 0.1) is 0 Å². The number of aliphatic hydroxyl groups is 1. The Morgan fingerprint density at radius 3 is 1.75 bits per heavy atom. The Morgan fingerprint density at radius 1 is 1.10 bits per heavy atom. The first-order valence-corrected chi connectivity index (χ1v) is 7.79. The minimum Gasteiger partial charge on any atom is -0.460 e. The van der Waals surface area contributed by atoms with Crippen molar-refractivity contribution in [2.24, 2.45) is 0 Å². The van der Waals surface area contributed by atoms with Crippen molar-refractivity contribution in [3.63, 3.8) is 0 Å². The lowest BCUT2D eigenvalue weighted by atomic mass is 10.4. The number of phosphoric ester groups is 1. The number of carbonyl (C=O) groups excluding carboxylic acids is 1. The summed E-state index contributed by atoms with van der Waals surface area (Å²) >= 11 is 0. The van der Waals surface area contributed by atoms with Gasteiger partial charge in [0.05, 0.1) is 26.4 Å². The van der Waals surface area contributed by atoms with Crippen LogP contribution in [-0.4, -0.2) is 44.1 Å². The monoisotopic (exact) mass is 312 g/mol. The summed E-state index contributed by atoms with van der Waals surface area (Å²) in [5, 5.41) is 8.19. The van der Waals surface area contributed by atoms with E-state index in [0.717, 1.165) is 0 Å². The number of carbonyl (C=O) groups is 1. The second-order valence-corrected chi connectivity index (χ2v) is 5.01. The summed E-state index contributed by atoms with van der Waals surface area (Å²) in [5.74, 6) is -0.455. The highest BCUT2D eigenvalue weighted by Crippen LogP contribution is 2.48. The smallest absolute Gasteiger partial charge is 0.460 e. The van der Waals surface area contributed by atoms with Gasteiger partial charge in [-0.3, -0.25) is 13.6 Å². The first-order chi connectivity index (χ1) is 9.36. The van der Waals surface area contributed by atoms with Crippen LogP contribution in [0.25, 0.3) is 0 Å². The largest absolute Gasteiger partial charge is 0.474 e. The van der Waals surface area contributed by atoms with Gasteiger partial charge in [-0.2, -0.15) is 0 Å². The summed E-state index contributed by atoms with van der Waals surface area (Å²) in [6.45, 7) is 11.0. The van der Waals surface area contributed by atoms with E-state index in [1.54, 1.807) is 27.7 Å². The van der Waals surface area contributed by atoms with Crippen LogP contribution in [0.15, 0.2) is 12.2 Å². The van der Waals surface area contributed by atoms with E-state index in [0.29, 0.717) is 25.4 Å². The first kappa shape index (κ1) is 21.6. The number of rotatable bonds is 9. The molecule has 0 aliphatic rings. The van der Waals surface area contributed by atoms with Crippen LogP contribution < -0.4 is 0 Å². The maximum absolute atomic E-state index is 11.3. The van der Waals surface area contributed by atoms with Crippen molar-refractivity contribution in [3.8, 4) is 0 Å². The van der Waals surface area contributed by atoms with Crippen LogP contribution in [0.2, 0.25) is 0 Å². The van der Waals surface area contributed by atoms with Gasteiger partial charge in [0.2, 0.25) is 0 Å². The number of phosphoric acid groups is 1. The van der Waals surface area contributed by atoms with Gasteiger partial charge in [-0.1, -0.05) is 6.58 Å². The van der Waals surface area contributed by atoms with Gasteiger partial charge < -0.3 is 9.84 Å². The molecular weight excluding hydrogens is 287 g/mol. The van der Waals surface area contributed by atoms with Crippen LogP contribution >= 0.6 is 7.82 Å². The van der Waals surface area contributed by atoms with Gasteiger partial charge in [0.25, 0.3) is 0 Å². The molecule has 0 heterocycles. The minimum atomic E-state index is -3.22. The molecule has 0 saturated carbocycles. The van der Waals surface area contributed by atoms with Gasteiger partial charge in [-0.05, 0) is 27.7 Å². The molecular formula is C12H25O7P. The number of hydrogen-bond acceptors (Lipinski definition) is 7. The standard InChI is InChI=1S/C6H15O4P.C6H10O3/c1-4-8-11(7,9-5-2)10-6-3;1-5(2)6(8)9-4-3-7/h4-6H2,1-3H3;7H,1,3-4H2,2H3. The normalized spacial score (nSPS) is 10.4. The zero-order valence-electron chi connectivity index (χ0n) is 12.6. The molecule has 1 N–H and O–H groups in total. The summed E-state index contributed by atoms with van der Waals surface area (Å²) in [6, 6.07) is 0. The van der Waals surface area contributed by atoms with Crippen molar-refractivity contribution in [1.29, 1.82) is 0 Å². The Balaban J connectivity index is 0. The van der Waals surface area contributed by atoms with Crippen LogP contribution in [0.4, 0.5) is 0 Å². The quantitative estimate of drug-likeness (QED) is 0.397. The van der Waals surface area contributed by atoms with Crippen LogP contribution in [0.3, 0.4) is 0 Å². The van der Waals surface area contributed by atoms with Crippen LogP contribution in [0.5, 0.6) is 0 Å². The molecule has 0 radical (unpaired) electrons. The Morgan fingerprint density at radius 2 is 1.50 bits per heavy atom. The van der Waals surface area contributed by atoms with Gasteiger partial charge in [-0.25, -0.2) is 9.36 Å². The molecule has 0 amide bonds. The van der Waals surface area contributed by atoms with E-state index in [-0.39, 0.29) is 13.2 Å². The molecule has 0 bridgehead atoms. The van der Waals surface area contributed by atoms with Crippen LogP contribution in [0.1, 0.15) is 27.7 Å². The fraction of sp³-hybridized carbons (Fsp3) is 0.750. The molecule has 0 saturated heterocycles. The molecule has 0 aliphatic carbocycles. The van der Waals surface area contributed by atoms with E-state index < -0.39 is 13.8 Å². The molecule has 20 heavy (non-hydrogen) atoms. The summed E-state index contributed by atoms with van der Waals surface area (Å²) in [6.07, 6.45) is 0. The van der Waals surface area contributed by atoms with Gasteiger partial charge in [0, 0.05) is 5.57 Å². The van der Waals surface area contributed by atoms with E-state index in [2.05, 4.69) is 11.3 Å². The van der Waals surface area contributed by atoms with E-state index in [4.69, 9.17) is 18.7 Å². The highest BCUT2D eigenvalue weighted by Gasteiger charge is 2.23. The lowest BCUT2D eigenvalue weighted by molar-refractivity contribution is -0.139. The van der Waals surface area contributed by atoms with E-state index in [1.807, 2.05) is 0 Å². The molecule has 0 unspecified atom stereocenters. The molecule has 0 aromatic heterocycles. The number of ether oxygens (including phenoxy) is 1. The SMILES string of the molecule is C=C(C)C(=O)OCCO.CCOP(=O)(OCC)OCC. The van der Waals surface area contributed by atoms with Crippen molar-refractivity contribution < 1.29 is 32.8 Å². The highest BCUT2D eigenvalue weighted by molar-refractivity contribution is 7.48. The average molecular weight is 312 g/mol. The Kier molecular flexibility index (Phi) is 14.3. The molecule has 0 atom stereocenters. The molecule has 120 valence electrons. The predicted octanol–water partition coefficient (Wildman–Crippen LogP) is 2.30.